The number of halogens is 2. The predicted molar refractivity (Wildman–Crippen MR) is 133 cm³/mol. The third kappa shape index (κ3) is 5.57. The van der Waals surface area contributed by atoms with Crippen molar-refractivity contribution in [2.24, 2.45) is 0 Å². The molecule has 2 aromatic carbocycles. The molecule has 0 radical (unpaired) electrons. The minimum absolute atomic E-state index is 0. The van der Waals surface area contributed by atoms with Crippen molar-refractivity contribution in [2.75, 3.05) is 69.0 Å². The number of methoxy groups -OCH3 is 1. The highest BCUT2D eigenvalue weighted by Gasteiger charge is 2.25. The van der Waals surface area contributed by atoms with Crippen LogP contribution in [-0.4, -0.2) is 64.7 Å². The van der Waals surface area contributed by atoms with E-state index in [0.29, 0.717) is 11.3 Å². The number of rotatable bonds is 7. The second kappa shape index (κ2) is 11.3. The van der Waals surface area contributed by atoms with E-state index in [-0.39, 0.29) is 24.1 Å². The zero-order valence-corrected chi connectivity index (χ0v) is 20.4. The summed E-state index contributed by atoms with van der Waals surface area (Å²) in [6.45, 7) is 7.92. The summed E-state index contributed by atoms with van der Waals surface area (Å²) in [5.74, 6) is 0.399. The van der Waals surface area contributed by atoms with Crippen LogP contribution in [0.5, 0.6) is 5.75 Å². The van der Waals surface area contributed by atoms with Crippen molar-refractivity contribution in [2.45, 2.75) is 20.3 Å². The predicted octanol–water partition coefficient (Wildman–Crippen LogP) is 4.41. The number of piperazine rings is 1. The molecule has 0 aromatic heterocycles. The summed E-state index contributed by atoms with van der Waals surface area (Å²) in [4.78, 5) is 18.9. The van der Waals surface area contributed by atoms with Gasteiger partial charge in [0.15, 0.2) is 0 Å². The van der Waals surface area contributed by atoms with Crippen LogP contribution in [0.15, 0.2) is 30.3 Å². The molecule has 0 spiro atoms. The number of carbonyl (C=O) groups is 1. The van der Waals surface area contributed by atoms with Crippen molar-refractivity contribution in [3.05, 3.63) is 47.3 Å². The molecule has 0 aliphatic carbocycles. The lowest BCUT2D eigenvalue weighted by atomic mass is 10.0. The van der Waals surface area contributed by atoms with Gasteiger partial charge in [0, 0.05) is 52.9 Å². The zero-order chi connectivity index (χ0) is 22.5. The summed E-state index contributed by atoms with van der Waals surface area (Å²) >= 11 is 0. The summed E-state index contributed by atoms with van der Waals surface area (Å²) in [7, 11) is 5.16. The van der Waals surface area contributed by atoms with Crippen LogP contribution < -0.4 is 19.9 Å². The average Bonchev–Trinajstić information content (AvgIpc) is 2.77. The average molecular weight is 465 g/mol. The highest BCUT2D eigenvalue weighted by atomic mass is 35.5. The molecule has 1 aliphatic rings. The monoisotopic (exact) mass is 464 g/mol. The lowest BCUT2D eigenvalue weighted by Gasteiger charge is -2.39. The summed E-state index contributed by atoms with van der Waals surface area (Å²) in [6, 6.07) is 8.72. The van der Waals surface area contributed by atoms with Crippen LogP contribution >= 0.6 is 12.4 Å². The Hall–Kier alpha value is -2.67. The van der Waals surface area contributed by atoms with Gasteiger partial charge in [-0.1, -0.05) is 6.92 Å². The Morgan fingerprint density at radius 2 is 1.72 bits per heavy atom. The van der Waals surface area contributed by atoms with Crippen LogP contribution in [0.4, 0.5) is 21.5 Å². The van der Waals surface area contributed by atoms with Crippen LogP contribution in [0.2, 0.25) is 0 Å². The van der Waals surface area contributed by atoms with Crippen LogP contribution in [0.25, 0.3) is 0 Å². The van der Waals surface area contributed by atoms with E-state index >= 15 is 0 Å². The second-order valence-electron chi connectivity index (χ2n) is 8.12. The molecule has 0 atom stereocenters. The highest BCUT2D eigenvalue weighted by Crippen LogP contribution is 2.35. The molecular weight excluding hydrogens is 431 g/mol. The first-order valence-electron chi connectivity index (χ1n) is 10.8. The molecule has 0 unspecified atom stereocenters. The van der Waals surface area contributed by atoms with Gasteiger partial charge in [0.2, 0.25) is 0 Å². The molecule has 2 aromatic rings. The number of nitrogens with one attached hydrogen (secondary N) is 1. The standard InChI is InChI=1S/C24H33FN4O2.ClH/c1-6-9-26-23-19(24(30)27(3)4)14-17(2)15-21(23)29-12-10-28(11-13-29)20-16-18(25)7-8-22(20)31-5;/h7-8,14-16,26H,6,9-13H2,1-5H3;1H. The first-order chi connectivity index (χ1) is 14.8. The third-order valence-electron chi connectivity index (χ3n) is 5.55. The van der Waals surface area contributed by atoms with Crippen molar-refractivity contribution < 1.29 is 13.9 Å². The first-order valence-corrected chi connectivity index (χ1v) is 10.8. The van der Waals surface area contributed by atoms with Gasteiger partial charge in [-0.3, -0.25) is 4.79 Å². The Morgan fingerprint density at radius 3 is 2.28 bits per heavy atom. The molecule has 8 heteroatoms. The Balaban J connectivity index is 0.00000363. The molecule has 0 saturated carbocycles. The van der Waals surface area contributed by atoms with Crippen LogP contribution in [-0.2, 0) is 0 Å². The van der Waals surface area contributed by atoms with Crippen LogP contribution in [0.1, 0.15) is 29.3 Å². The molecule has 1 fully saturated rings. The van der Waals surface area contributed by atoms with E-state index in [1.54, 1.807) is 32.2 Å². The van der Waals surface area contributed by atoms with E-state index in [0.717, 1.165) is 61.8 Å². The molecule has 32 heavy (non-hydrogen) atoms. The molecule has 1 aliphatic heterocycles. The quantitative estimate of drug-likeness (QED) is 0.657. The number of hydrogen-bond donors (Lipinski definition) is 1. The van der Waals surface area contributed by atoms with Crippen molar-refractivity contribution in [1.82, 2.24) is 4.90 Å². The molecule has 1 heterocycles. The number of amides is 1. The molecule has 1 amide bonds. The number of ether oxygens (including phenoxy) is 1. The van der Waals surface area contributed by atoms with Crippen molar-refractivity contribution >= 4 is 35.4 Å². The number of nitrogens with zero attached hydrogens (tertiary/aromatic N) is 3. The summed E-state index contributed by atoms with van der Waals surface area (Å²) in [5, 5.41) is 3.49. The number of benzene rings is 2. The molecule has 1 saturated heterocycles. The second-order valence-corrected chi connectivity index (χ2v) is 8.12. The molecule has 1 N–H and O–H groups in total. The first kappa shape index (κ1) is 25.6. The summed E-state index contributed by atoms with van der Waals surface area (Å²) in [5.41, 5.74) is 4.46. The van der Waals surface area contributed by atoms with Gasteiger partial charge in [-0.25, -0.2) is 4.39 Å². The summed E-state index contributed by atoms with van der Waals surface area (Å²) in [6.07, 6.45) is 0.968. The SMILES string of the molecule is CCCNc1c(C(=O)N(C)C)cc(C)cc1N1CCN(c2cc(F)ccc2OC)CC1.Cl. The van der Waals surface area contributed by atoms with E-state index in [4.69, 9.17) is 4.74 Å². The van der Waals surface area contributed by atoms with Gasteiger partial charge >= 0.3 is 0 Å². The molecule has 3 rings (SSSR count). The van der Waals surface area contributed by atoms with E-state index in [2.05, 4.69) is 28.1 Å². The van der Waals surface area contributed by atoms with Crippen LogP contribution in [0.3, 0.4) is 0 Å². The molecule has 6 nitrogen and oxygen atoms in total. The van der Waals surface area contributed by atoms with Crippen molar-refractivity contribution in [3.8, 4) is 5.75 Å². The maximum absolute atomic E-state index is 13.8. The van der Waals surface area contributed by atoms with E-state index in [1.807, 2.05) is 13.0 Å². The minimum Gasteiger partial charge on any atom is -0.495 e. The van der Waals surface area contributed by atoms with Gasteiger partial charge in [0.1, 0.15) is 11.6 Å². The maximum atomic E-state index is 13.8. The zero-order valence-electron chi connectivity index (χ0n) is 19.6. The normalized spacial score (nSPS) is 13.4. The van der Waals surface area contributed by atoms with Gasteiger partial charge in [-0.15, -0.1) is 12.4 Å². The van der Waals surface area contributed by atoms with Crippen molar-refractivity contribution in [1.29, 1.82) is 0 Å². The number of aryl methyl sites for hydroxylation is 1. The third-order valence-corrected chi connectivity index (χ3v) is 5.55. The van der Waals surface area contributed by atoms with E-state index in [1.165, 1.54) is 12.1 Å². The van der Waals surface area contributed by atoms with Gasteiger partial charge in [-0.05, 0) is 43.2 Å². The lowest BCUT2D eigenvalue weighted by molar-refractivity contribution is 0.0828. The molecular formula is C24H34ClFN4O2. The fourth-order valence-electron chi connectivity index (χ4n) is 3.96. The van der Waals surface area contributed by atoms with E-state index < -0.39 is 0 Å². The van der Waals surface area contributed by atoms with Gasteiger partial charge < -0.3 is 24.8 Å². The number of carbonyl (C=O) groups excluding carboxylic acids is 1. The minimum atomic E-state index is -0.269. The number of hydrogen-bond acceptors (Lipinski definition) is 5. The van der Waals surface area contributed by atoms with Gasteiger partial charge in [0.05, 0.1) is 29.7 Å². The largest absolute Gasteiger partial charge is 0.495 e. The Kier molecular flexibility index (Phi) is 9.01. The van der Waals surface area contributed by atoms with Gasteiger partial charge in [-0.2, -0.15) is 0 Å². The van der Waals surface area contributed by atoms with Crippen LogP contribution in [0, 0.1) is 12.7 Å². The molecule has 176 valence electrons. The van der Waals surface area contributed by atoms with Gasteiger partial charge in [0.25, 0.3) is 5.91 Å². The fraction of sp³-hybridized carbons (Fsp3) is 0.458. The lowest BCUT2D eigenvalue weighted by Crippen LogP contribution is -2.47. The maximum Gasteiger partial charge on any atom is 0.255 e. The van der Waals surface area contributed by atoms with Crippen molar-refractivity contribution in [3.63, 3.8) is 0 Å². The highest BCUT2D eigenvalue weighted by molar-refractivity contribution is 6.02. The Bertz CT molecular complexity index is 930. The Labute approximate surface area is 196 Å². The number of anilines is 3. The van der Waals surface area contributed by atoms with E-state index in [9.17, 15) is 9.18 Å². The summed E-state index contributed by atoms with van der Waals surface area (Å²) < 4.78 is 19.3. The fourth-order valence-corrected chi connectivity index (χ4v) is 3.96. The Morgan fingerprint density at radius 1 is 1.09 bits per heavy atom. The topological polar surface area (TPSA) is 48.1 Å². The smallest absolute Gasteiger partial charge is 0.255 e. The molecule has 0 bridgehead atoms.